The van der Waals surface area contributed by atoms with Gasteiger partial charge in [-0.2, -0.15) is 0 Å². The van der Waals surface area contributed by atoms with E-state index < -0.39 is 0 Å². The van der Waals surface area contributed by atoms with Crippen LogP contribution in [-0.2, 0) is 19.5 Å². The number of thiazole rings is 1. The van der Waals surface area contributed by atoms with E-state index >= 15 is 0 Å². The lowest BCUT2D eigenvalue weighted by atomic mass is 10.1. The van der Waals surface area contributed by atoms with Gasteiger partial charge in [-0.3, -0.25) is 9.30 Å². The van der Waals surface area contributed by atoms with Crippen LogP contribution in [0.4, 0.5) is 0 Å². The van der Waals surface area contributed by atoms with Gasteiger partial charge in [0, 0.05) is 55.6 Å². The van der Waals surface area contributed by atoms with Crippen LogP contribution < -0.4 is 0 Å². The van der Waals surface area contributed by atoms with E-state index in [-0.39, 0.29) is 0 Å². The van der Waals surface area contributed by atoms with Gasteiger partial charge in [-0.05, 0) is 11.4 Å². The number of thiophene rings is 1. The van der Waals surface area contributed by atoms with Gasteiger partial charge in [0.15, 0.2) is 10.8 Å². The zero-order chi connectivity index (χ0) is 15.9. The maximum absolute atomic E-state index is 4.78. The van der Waals surface area contributed by atoms with Crippen LogP contribution in [0.2, 0.25) is 0 Å². The summed E-state index contributed by atoms with van der Waals surface area (Å²) < 4.78 is 2.09. The number of hydrogen-bond acceptors (Lipinski definition) is 6. The Morgan fingerprint density at radius 3 is 3.04 bits per heavy atom. The maximum atomic E-state index is 4.78. The van der Waals surface area contributed by atoms with Gasteiger partial charge in [0.2, 0.25) is 0 Å². The lowest BCUT2D eigenvalue weighted by Crippen LogP contribution is -2.31. The number of fused-ring (bicyclic) bond motifs is 2. The lowest BCUT2D eigenvalue weighted by molar-refractivity contribution is 0.240. The molecule has 0 aromatic carbocycles. The molecule has 0 aliphatic carbocycles. The Balaban J connectivity index is 1.35. The molecule has 0 N–H and O–H groups in total. The predicted molar refractivity (Wildman–Crippen MR) is 96.2 cm³/mol. The van der Waals surface area contributed by atoms with E-state index in [1.165, 1.54) is 11.3 Å². The molecular weight excluding hydrogens is 338 g/mol. The predicted octanol–water partition coefficient (Wildman–Crippen LogP) is 3.47. The van der Waals surface area contributed by atoms with Crippen LogP contribution in [0.25, 0.3) is 15.7 Å². The van der Waals surface area contributed by atoms with Crippen molar-refractivity contribution < 1.29 is 0 Å². The van der Waals surface area contributed by atoms with Gasteiger partial charge in [-0.1, -0.05) is 6.07 Å². The van der Waals surface area contributed by atoms with Crippen molar-refractivity contribution in [2.45, 2.75) is 19.5 Å². The first kappa shape index (κ1) is 14.3. The van der Waals surface area contributed by atoms with Crippen molar-refractivity contribution >= 4 is 27.6 Å². The second-order valence-electron chi connectivity index (χ2n) is 5.93. The maximum Gasteiger partial charge on any atom is 0.193 e. The number of hydrogen-bond donors (Lipinski definition) is 0. The van der Waals surface area contributed by atoms with Gasteiger partial charge in [0.05, 0.1) is 16.3 Å². The van der Waals surface area contributed by atoms with Crippen LogP contribution in [0.15, 0.2) is 41.5 Å². The Morgan fingerprint density at radius 2 is 2.17 bits per heavy atom. The van der Waals surface area contributed by atoms with Crippen molar-refractivity contribution in [2.75, 3.05) is 6.54 Å². The Morgan fingerprint density at radius 1 is 1.17 bits per heavy atom. The molecule has 5 heterocycles. The second-order valence-corrected chi connectivity index (χ2v) is 7.75. The zero-order valence-electron chi connectivity index (χ0n) is 12.9. The molecule has 120 valence electrons. The van der Waals surface area contributed by atoms with Crippen molar-refractivity contribution in [1.29, 1.82) is 0 Å². The smallest absolute Gasteiger partial charge is 0.193 e. The summed E-state index contributed by atoms with van der Waals surface area (Å²) in [7, 11) is 0. The molecule has 5 rings (SSSR count). The average molecular weight is 353 g/mol. The first-order chi connectivity index (χ1) is 11.8. The van der Waals surface area contributed by atoms with E-state index in [2.05, 4.69) is 48.5 Å². The first-order valence-electron chi connectivity index (χ1n) is 7.87. The van der Waals surface area contributed by atoms with Crippen molar-refractivity contribution in [3.63, 3.8) is 0 Å². The minimum absolute atomic E-state index is 0.853. The highest BCUT2D eigenvalue weighted by atomic mass is 32.1. The molecular formula is C17H15N5S2. The summed E-state index contributed by atoms with van der Waals surface area (Å²) in [4.78, 5) is 18.6. The summed E-state index contributed by atoms with van der Waals surface area (Å²) in [5.74, 6) is 0.853. The fourth-order valence-electron chi connectivity index (χ4n) is 3.12. The number of imidazole rings is 1. The van der Waals surface area contributed by atoms with E-state index in [1.807, 2.05) is 12.3 Å². The summed E-state index contributed by atoms with van der Waals surface area (Å²) in [6.45, 7) is 2.78. The molecule has 0 unspecified atom stereocenters. The Labute approximate surface area is 147 Å². The van der Waals surface area contributed by atoms with Crippen LogP contribution in [0.3, 0.4) is 0 Å². The molecule has 5 nitrogen and oxygen atoms in total. The Hall–Kier alpha value is -2.09. The van der Waals surface area contributed by atoms with Crippen molar-refractivity contribution in [3.05, 3.63) is 58.4 Å². The molecule has 1 aliphatic rings. The molecule has 0 spiro atoms. The highest BCUT2D eigenvalue weighted by Crippen LogP contribution is 2.24. The topological polar surface area (TPSA) is 46.3 Å². The summed E-state index contributed by atoms with van der Waals surface area (Å²) in [6, 6.07) is 4.12. The summed E-state index contributed by atoms with van der Waals surface area (Å²) in [5.41, 5.74) is 3.56. The van der Waals surface area contributed by atoms with Crippen LogP contribution >= 0.6 is 22.7 Å². The van der Waals surface area contributed by atoms with Gasteiger partial charge >= 0.3 is 0 Å². The molecule has 7 heteroatoms. The van der Waals surface area contributed by atoms with Gasteiger partial charge in [-0.15, -0.1) is 22.7 Å². The Kier molecular flexibility index (Phi) is 3.43. The van der Waals surface area contributed by atoms with E-state index in [0.717, 1.165) is 47.4 Å². The third kappa shape index (κ3) is 2.54. The quantitative estimate of drug-likeness (QED) is 0.566. The number of aromatic nitrogens is 4. The third-order valence-electron chi connectivity index (χ3n) is 4.28. The molecule has 4 aromatic rings. The summed E-state index contributed by atoms with van der Waals surface area (Å²) in [6.07, 6.45) is 7.15. The van der Waals surface area contributed by atoms with E-state index in [1.54, 1.807) is 22.7 Å². The second kappa shape index (κ2) is 5.77. The average Bonchev–Trinajstić information content (AvgIpc) is 3.31. The fraction of sp³-hybridized carbons (Fsp3) is 0.235. The minimum Gasteiger partial charge on any atom is -0.297 e. The lowest BCUT2D eigenvalue weighted by Gasteiger charge is -2.27. The molecule has 4 aromatic heterocycles. The monoisotopic (exact) mass is 353 g/mol. The molecule has 0 fully saturated rings. The molecule has 24 heavy (non-hydrogen) atoms. The van der Waals surface area contributed by atoms with Crippen molar-refractivity contribution in [3.8, 4) is 10.7 Å². The first-order valence-corrected chi connectivity index (χ1v) is 9.63. The normalized spacial score (nSPS) is 15.0. The number of nitrogens with zero attached hydrogens (tertiary/aromatic N) is 5. The van der Waals surface area contributed by atoms with E-state index in [4.69, 9.17) is 4.98 Å². The molecule has 1 aliphatic heterocycles. The zero-order valence-corrected chi connectivity index (χ0v) is 14.6. The van der Waals surface area contributed by atoms with Gasteiger partial charge < -0.3 is 0 Å². The fourth-order valence-corrected chi connectivity index (χ4v) is 4.50. The summed E-state index contributed by atoms with van der Waals surface area (Å²) in [5, 5.41) is 4.13. The van der Waals surface area contributed by atoms with E-state index in [0.29, 0.717) is 0 Å². The van der Waals surface area contributed by atoms with Crippen LogP contribution in [0.5, 0.6) is 0 Å². The molecule has 0 saturated heterocycles. The largest absolute Gasteiger partial charge is 0.297 e. The van der Waals surface area contributed by atoms with Gasteiger partial charge in [0.25, 0.3) is 0 Å². The molecule has 0 saturated carbocycles. The van der Waals surface area contributed by atoms with Crippen LogP contribution in [0.1, 0.15) is 17.0 Å². The van der Waals surface area contributed by atoms with Crippen LogP contribution in [-0.4, -0.2) is 30.8 Å². The van der Waals surface area contributed by atoms with Gasteiger partial charge in [-0.25, -0.2) is 15.0 Å². The minimum atomic E-state index is 0.853. The molecule has 0 radical (unpaired) electrons. The van der Waals surface area contributed by atoms with Crippen molar-refractivity contribution in [2.24, 2.45) is 0 Å². The molecule has 0 atom stereocenters. The molecule has 0 bridgehead atoms. The summed E-state index contributed by atoms with van der Waals surface area (Å²) >= 11 is 3.36. The highest BCUT2D eigenvalue weighted by molar-refractivity contribution is 7.15. The SMILES string of the molecule is c1csc(-c2ncc3c(n2)CCN(Cc2cn4ccsc4n2)C3)c1. The molecule has 0 amide bonds. The van der Waals surface area contributed by atoms with Crippen LogP contribution in [0, 0.1) is 0 Å². The standard InChI is InChI=1S/C17H15N5S2/c1-2-15(23-6-1)16-18-8-12-9-21(4-3-14(12)20-16)10-13-11-22-5-7-24-17(22)19-13/h1-2,5-8,11H,3-4,9-10H2. The highest BCUT2D eigenvalue weighted by Gasteiger charge is 2.20. The van der Waals surface area contributed by atoms with Crippen molar-refractivity contribution in [1.82, 2.24) is 24.3 Å². The number of rotatable bonds is 3. The third-order valence-corrected chi connectivity index (χ3v) is 5.92. The Bertz CT molecular complexity index is 957. The van der Waals surface area contributed by atoms with E-state index in [9.17, 15) is 0 Å². The van der Waals surface area contributed by atoms with Gasteiger partial charge in [0.1, 0.15) is 0 Å².